The van der Waals surface area contributed by atoms with E-state index in [4.69, 9.17) is 11.6 Å². The van der Waals surface area contributed by atoms with Crippen LogP contribution in [0.3, 0.4) is 0 Å². The molecule has 2 aromatic heterocycles. The Kier molecular flexibility index (Phi) is 3.48. The maximum Gasteiger partial charge on any atom is 0.0709 e. The zero-order chi connectivity index (χ0) is 13.9. The highest BCUT2D eigenvalue weighted by Crippen LogP contribution is 2.29. The SMILES string of the molecule is Cc1cc(-c2cc(-c3ccccc3Cl)ccn2)ccn1. The fourth-order valence-electron chi connectivity index (χ4n) is 2.16. The zero-order valence-electron chi connectivity index (χ0n) is 11.0. The quantitative estimate of drug-likeness (QED) is 0.675. The lowest BCUT2D eigenvalue weighted by Gasteiger charge is -2.07. The Morgan fingerprint density at radius 2 is 1.60 bits per heavy atom. The second-order valence-electron chi connectivity index (χ2n) is 4.60. The van der Waals surface area contributed by atoms with Crippen LogP contribution in [0.2, 0.25) is 5.02 Å². The monoisotopic (exact) mass is 280 g/mol. The lowest BCUT2D eigenvalue weighted by molar-refractivity contribution is 1.19. The third kappa shape index (κ3) is 2.56. The normalized spacial score (nSPS) is 10.5. The number of nitrogens with zero attached hydrogens (tertiary/aromatic N) is 2. The van der Waals surface area contributed by atoms with Crippen molar-refractivity contribution < 1.29 is 0 Å². The molecule has 0 bridgehead atoms. The molecule has 3 heteroatoms. The summed E-state index contributed by atoms with van der Waals surface area (Å²) in [5.41, 5.74) is 5.05. The standard InChI is InChI=1S/C17H13ClN2/c1-12-10-14(7-8-19-12)17-11-13(6-9-20-17)15-4-2-3-5-16(15)18/h2-11H,1H3. The molecule has 0 aliphatic heterocycles. The van der Waals surface area contributed by atoms with Gasteiger partial charge in [0, 0.05) is 34.2 Å². The van der Waals surface area contributed by atoms with Gasteiger partial charge >= 0.3 is 0 Å². The fourth-order valence-corrected chi connectivity index (χ4v) is 2.40. The van der Waals surface area contributed by atoms with Crippen LogP contribution >= 0.6 is 11.6 Å². The minimum absolute atomic E-state index is 0.746. The van der Waals surface area contributed by atoms with Crippen molar-refractivity contribution in [2.45, 2.75) is 6.92 Å². The molecule has 0 fully saturated rings. The Labute approximate surface area is 123 Å². The maximum absolute atomic E-state index is 6.25. The van der Waals surface area contributed by atoms with E-state index in [1.165, 1.54) is 0 Å². The largest absolute Gasteiger partial charge is 0.262 e. The van der Waals surface area contributed by atoms with E-state index in [1.54, 1.807) is 6.20 Å². The first-order valence-corrected chi connectivity index (χ1v) is 6.76. The van der Waals surface area contributed by atoms with Gasteiger partial charge in [-0.05, 0) is 42.8 Å². The Balaban J connectivity index is 2.09. The van der Waals surface area contributed by atoms with Gasteiger partial charge in [0.2, 0.25) is 0 Å². The number of hydrogen-bond donors (Lipinski definition) is 0. The molecule has 0 atom stereocenters. The fraction of sp³-hybridized carbons (Fsp3) is 0.0588. The van der Waals surface area contributed by atoms with Crippen LogP contribution in [0.5, 0.6) is 0 Å². The molecule has 2 nitrogen and oxygen atoms in total. The highest BCUT2D eigenvalue weighted by atomic mass is 35.5. The summed E-state index contributed by atoms with van der Waals surface area (Å²) in [6.45, 7) is 1.97. The van der Waals surface area contributed by atoms with E-state index in [0.29, 0.717) is 0 Å². The smallest absolute Gasteiger partial charge is 0.0709 e. The zero-order valence-corrected chi connectivity index (χ0v) is 11.8. The number of aryl methyl sites for hydroxylation is 1. The predicted molar refractivity (Wildman–Crippen MR) is 82.7 cm³/mol. The second-order valence-corrected chi connectivity index (χ2v) is 5.00. The number of pyridine rings is 2. The van der Waals surface area contributed by atoms with Crippen LogP contribution in [-0.4, -0.2) is 9.97 Å². The second kappa shape index (κ2) is 5.43. The summed E-state index contributed by atoms with van der Waals surface area (Å²) in [7, 11) is 0. The Morgan fingerprint density at radius 3 is 2.40 bits per heavy atom. The number of aromatic nitrogens is 2. The molecule has 20 heavy (non-hydrogen) atoms. The number of benzene rings is 1. The summed E-state index contributed by atoms with van der Waals surface area (Å²) in [4.78, 5) is 8.65. The summed E-state index contributed by atoms with van der Waals surface area (Å²) < 4.78 is 0. The average Bonchev–Trinajstić information content (AvgIpc) is 2.48. The van der Waals surface area contributed by atoms with Crippen molar-refractivity contribution in [3.63, 3.8) is 0 Å². The van der Waals surface area contributed by atoms with E-state index < -0.39 is 0 Å². The van der Waals surface area contributed by atoms with E-state index in [1.807, 2.05) is 55.6 Å². The first-order chi connectivity index (χ1) is 9.74. The molecule has 0 amide bonds. The molecule has 0 aliphatic rings. The third-order valence-corrected chi connectivity index (χ3v) is 3.47. The van der Waals surface area contributed by atoms with Crippen molar-refractivity contribution >= 4 is 11.6 Å². The van der Waals surface area contributed by atoms with E-state index in [9.17, 15) is 0 Å². The van der Waals surface area contributed by atoms with Gasteiger partial charge in [0.25, 0.3) is 0 Å². The highest BCUT2D eigenvalue weighted by Gasteiger charge is 2.06. The highest BCUT2D eigenvalue weighted by molar-refractivity contribution is 6.33. The summed E-state index contributed by atoms with van der Waals surface area (Å²) in [5.74, 6) is 0. The maximum atomic E-state index is 6.25. The molecule has 0 unspecified atom stereocenters. The van der Waals surface area contributed by atoms with Crippen LogP contribution in [0, 0.1) is 6.92 Å². The number of halogens is 1. The van der Waals surface area contributed by atoms with Gasteiger partial charge < -0.3 is 0 Å². The first-order valence-electron chi connectivity index (χ1n) is 6.38. The molecule has 0 N–H and O–H groups in total. The third-order valence-electron chi connectivity index (χ3n) is 3.14. The lowest BCUT2D eigenvalue weighted by atomic mass is 10.0. The Bertz CT molecular complexity index is 753. The molecule has 0 saturated heterocycles. The molecular weight excluding hydrogens is 268 g/mol. The van der Waals surface area contributed by atoms with Crippen LogP contribution in [0.15, 0.2) is 60.9 Å². The van der Waals surface area contributed by atoms with Gasteiger partial charge in [-0.25, -0.2) is 0 Å². The molecule has 0 radical (unpaired) electrons. The summed E-state index contributed by atoms with van der Waals surface area (Å²) in [5, 5.41) is 0.746. The van der Waals surface area contributed by atoms with Crippen molar-refractivity contribution in [2.24, 2.45) is 0 Å². The van der Waals surface area contributed by atoms with Crippen molar-refractivity contribution in [1.82, 2.24) is 9.97 Å². The van der Waals surface area contributed by atoms with Gasteiger partial charge in [-0.15, -0.1) is 0 Å². The van der Waals surface area contributed by atoms with Crippen LogP contribution in [-0.2, 0) is 0 Å². The minimum Gasteiger partial charge on any atom is -0.262 e. The summed E-state index contributed by atoms with van der Waals surface area (Å²) in [6.07, 6.45) is 3.61. The van der Waals surface area contributed by atoms with Crippen molar-refractivity contribution in [3.05, 3.63) is 71.6 Å². The van der Waals surface area contributed by atoms with Crippen LogP contribution < -0.4 is 0 Å². The van der Waals surface area contributed by atoms with E-state index in [-0.39, 0.29) is 0 Å². The van der Waals surface area contributed by atoms with Crippen LogP contribution in [0.1, 0.15) is 5.69 Å². The molecule has 0 aliphatic carbocycles. The van der Waals surface area contributed by atoms with Crippen LogP contribution in [0.25, 0.3) is 22.4 Å². The summed E-state index contributed by atoms with van der Waals surface area (Å²) >= 11 is 6.25. The van der Waals surface area contributed by atoms with Gasteiger partial charge in [-0.1, -0.05) is 29.8 Å². The molecule has 1 aromatic carbocycles. The molecule has 98 valence electrons. The van der Waals surface area contributed by atoms with Crippen molar-refractivity contribution in [1.29, 1.82) is 0 Å². The Morgan fingerprint density at radius 1 is 0.850 bits per heavy atom. The van der Waals surface area contributed by atoms with Gasteiger partial charge in [-0.3, -0.25) is 9.97 Å². The van der Waals surface area contributed by atoms with Gasteiger partial charge in [0.1, 0.15) is 0 Å². The first kappa shape index (κ1) is 12.8. The number of hydrogen-bond acceptors (Lipinski definition) is 2. The molecule has 0 spiro atoms. The summed E-state index contributed by atoms with van der Waals surface area (Å²) in [6, 6.07) is 15.8. The van der Waals surface area contributed by atoms with Crippen molar-refractivity contribution in [3.8, 4) is 22.4 Å². The van der Waals surface area contributed by atoms with Gasteiger partial charge in [0.05, 0.1) is 5.69 Å². The van der Waals surface area contributed by atoms with E-state index >= 15 is 0 Å². The topological polar surface area (TPSA) is 25.8 Å². The Hall–Kier alpha value is -2.19. The van der Waals surface area contributed by atoms with E-state index in [2.05, 4.69) is 16.0 Å². The number of rotatable bonds is 2. The average molecular weight is 281 g/mol. The van der Waals surface area contributed by atoms with Crippen molar-refractivity contribution in [2.75, 3.05) is 0 Å². The molecule has 2 heterocycles. The van der Waals surface area contributed by atoms with E-state index in [0.717, 1.165) is 33.1 Å². The van der Waals surface area contributed by atoms with Gasteiger partial charge in [-0.2, -0.15) is 0 Å². The minimum atomic E-state index is 0.746. The molecule has 3 rings (SSSR count). The lowest BCUT2D eigenvalue weighted by Crippen LogP contribution is -1.88. The molecular formula is C17H13ClN2. The van der Waals surface area contributed by atoms with Gasteiger partial charge in [0.15, 0.2) is 0 Å². The predicted octanol–water partition coefficient (Wildman–Crippen LogP) is 4.77. The van der Waals surface area contributed by atoms with Crippen LogP contribution in [0.4, 0.5) is 0 Å². The molecule has 0 saturated carbocycles. The molecule has 3 aromatic rings.